The van der Waals surface area contributed by atoms with Crippen molar-refractivity contribution in [2.24, 2.45) is 0 Å². The fraction of sp³-hybridized carbons (Fsp3) is 0.450. The molecule has 174 valence electrons. The van der Waals surface area contributed by atoms with Gasteiger partial charge in [-0.1, -0.05) is 42.1 Å². The predicted octanol–water partition coefficient (Wildman–Crippen LogP) is -0.652. The number of rotatable bonds is 15. The molecule has 0 bridgehead atoms. The number of benzene rings is 1. The highest BCUT2D eigenvalue weighted by Gasteiger charge is 2.12. The van der Waals surface area contributed by atoms with Crippen molar-refractivity contribution in [1.29, 1.82) is 0 Å². The Balaban J connectivity index is 2.09. The highest BCUT2D eigenvalue weighted by atomic mass is 32.2. The molecular formula is C20H29BN4O6S. The van der Waals surface area contributed by atoms with Gasteiger partial charge in [0.1, 0.15) is 0 Å². The van der Waals surface area contributed by atoms with Crippen molar-refractivity contribution in [3.8, 4) is 0 Å². The van der Waals surface area contributed by atoms with Gasteiger partial charge in [0.25, 0.3) is 0 Å². The largest absolute Gasteiger partial charge is 0.437 e. The zero-order valence-corrected chi connectivity index (χ0v) is 18.8. The van der Waals surface area contributed by atoms with Gasteiger partial charge in [-0.25, -0.2) is 0 Å². The molecule has 1 rings (SSSR count). The molecule has 5 N–H and O–H groups in total. The van der Waals surface area contributed by atoms with Crippen LogP contribution in [0, 0.1) is 0 Å². The van der Waals surface area contributed by atoms with Crippen molar-refractivity contribution in [2.45, 2.75) is 26.1 Å². The van der Waals surface area contributed by atoms with Gasteiger partial charge >= 0.3 is 7.05 Å². The number of amides is 3. The fourth-order valence-electron chi connectivity index (χ4n) is 2.37. The van der Waals surface area contributed by atoms with Crippen LogP contribution in [0.15, 0.2) is 30.3 Å². The second kappa shape index (κ2) is 16.0. The van der Waals surface area contributed by atoms with E-state index in [-0.39, 0.29) is 36.3 Å². The molecule has 1 aromatic carbocycles. The topological polar surface area (TPSA) is 154 Å². The van der Waals surface area contributed by atoms with Gasteiger partial charge in [-0.3, -0.25) is 24.0 Å². The Labute approximate surface area is 191 Å². The normalized spacial score (nSPS) is 10.2. The molecule has 0 aliphatic heterocycles. The van der Waals surface area contributed by atoms with Gasteiger partial charge in [0.2, 0.25) is 22.8 Å². The SMILES string of the molecule is CB(O)NCCCCC(=O)CNC(=O)CNC(=O)CNC(=O)CSC(=O)c1ccccc1. The van der Waals surface area contributed by atoms with Crippen molar-refractivity contribution in [3.63, 3.8) is 0 Å². The summed E-state index contributed by atoms with van der Waals surface area (Å²) in [5.74, 6) is -1.81. The van der Waals surface area contributed by atoms with Gasteiger partial charge in [-0.15, -0.1) is 0 Å². The summed E-state index contributed by atoms with van der Waals surface area (Å²) in [5, 5.41) is 18.8. The molecular weight excluding hydrogens is 435 g/mol. The maximum absolute atomic E-state index is 11.9. The maximum Gasteiger partial charge on any atom is 0.373 e. The highest BCUT2D eigenvalue weighted by Crippen LogP contribution is 2.11. The molecule has 0 atom stereocenters. The van der Waals surface area contributed by atoms with Crippen LogP contribution in [-0.2, 0) is 19.2 Å². The molecule has 0 radical (unpaired) electrons. The van der Waals surface area contributed by atoms with Crippen LogP contribution in [0.5, 0.6) is 0 Å². The summed E-state index contributed by atoms with van der Waals surface area (Å²) in [6, 6.07) is 8.53. The monoisotopic (exact) mass is 464 g/mol. The smallest absolute Gasteiger partial charge is 0.373 e. The Morgan fingerprint density at radius 3 is 2.09 bits per heavy atom. The van der Waals surface area contributed by atoms with Crippen LogP contribution in [0.2, 0.25) is 6.82 Å². The van der Waals surface area contributed by atoms with Crippen molar-refractivity contribution >= 4 is 47.4 Å². The van der Waals surface area contributed by atoms with Crippen molar-refractivity contribution in [2.75, 3.05) is 31.9 Å². The average Bonchev–Trinajstić information content (AvgIpc) is 2.78. The zero-order valence-electron chi connectivity index (χ0n) is 18.0. The molecule has 10 nitrogen and oxygen atoms in total. The molecule has 0 heterocycles. The molecule has 0 fully saturated rings. The van der Waals surface area contributed by atoms with Crippen LogP contribution < -0.4 is 21.2 Å². The fourth-order valence-corrected chi connectivity index (χ4v) is 3.03. The molecule has 0 saturated heterocycles. The van der Waals surface area contributed by atoms with Crippen LogP contribution >= 0.6 is 11.8 Å². The minimum Gasteiger partial charge on any atom is -0.437 e. The number of ketones is 1. The van der Waals surface area contributed by atoms with Crippen LogP contribution in [0.1, 0.15) is 29.6 Å². The summed E-state index contributed by atoms with van der Waals surface area (Å²) in [6.45, 7) is 1.44. The number of carbonyl (C=O) groups excluding carboxylic acids is 5. The second-order valence-corrected chi connectivity index (χ2v) is 7.85. The molecule has 0 saturated carbocycles. The molecule has 0 aliphatic carbocycles. The standard InChI is InChI=1S/C20H29BN4O6S/c1-21(31)25-10-6-5-9-16(26)11-22-17(27)12-23-18(28)13-24-19(29)14-32-20(30)15-7-3-2-4-8-15/h2-4,7-8,25,31H,5-6,9-14H2,1H3,(H,22,27)(H,23,28)(H,24,29). The summed E-state index contributed by atoms with van der Waals surface area (Å²) >= 11 is 0.833. The van der Waals surface area contributed by atoms with Crippen molar-refractivity contribution in [1.82, 2.24) is 21.2 Å². The molecule has 0 aromatic heterocycles. The van der Waals surface area contributed by atoms with E-state index in [2.05, 4.69) is 21.2 Å². The molecule has 3 amide bonds. The summed E-state index contributed by atoms with van der Waals surface area (Å²) in [7, 11) is -0.587. The van der Waals surface area contributed by atoms with Crippen LogP contribution in [0.25, 0.3) is 0 Å². The van der Waals surface area contributed by atoms with Gasteiger partial charge in [-0.05, 0) is 26.2 Å². The Bertz CT molecular complexity index is 779. The number of thioether (sulfide) groups is 1. The summed E-state index contributed by atoms with van der Waals surface area (Å²) in [6.07, 6.45) is 1.68. The molecule has 0 unspecified atom stereocenters. The lowest BCUT2D eigenvalue weighted by Crippen LogP contribution is -2.43. The average molecular weight is 464 g/mol. The number of hydrogen-bond acceptors (Lipinski definition) is 8. The molecule has 0 aliphatic rings. The van der Waals surface area contributed by atoms with Crippen molar-refractivity contribution < 1.29 is 29.0 Å². The van der Waals surface area contributed by atoms with E-state index in [1.165, 1.54) is 0 Å². The molecule has 32 heavy (non-hydrogen) atoms. The Morgan fingerprint density at radius 2 is 1.47 bits per heavy atom. The quantitative estimate of drug-likeness (QED) is 0.170. The van der Waals surface area contributed by atoms with Gasteiger partial charge in [0, 0.05) is 12.0 Å². The van der Waals surface area contributed by atoms with Gasteiger partial charge in [-0.2, -0.15) is 0 Å². The number of unbranched alkanes of at least 4 members (excludes halogenated alkanes) is 1. The van der Waals surface area contributed by atoms with E-state index in [1.54, 1.807) is 37.2 Å². The van der Waals surface area contributed by atoms with E-state index in [0.29, 0.717) is 24.9 Å². The Hall–Kier alpha value is -2.70. The van der Waals surface area contributed by atoms with E-state index >= 15 is 0 Å². The Kier molecular flexibility index (Phi) is 13.7. The van der Waals surface area contributed by atoms with Gasteiger partial charge < -0.3 is 26.2 Å². The Morgan fingerprint density at radius 1 is 0.875 bits per heavy atom. The van der Waals surface area contributed by atoms with E-state index in [1.807, 2.05) is 0 Å². The predicted molar refractivity (Wildman–Crippen MR) is 123 cm³/mol. The lowest BCUT2D eigenvalue weighted by Gasteiger charge is -2.08. The first-order valence-corrected chi connectivity index (χ1v) is 11.2. The number of Topliss-reactive ketones (excluding diaryl/α,β-unsaturated/α-hetero) is 1. The first-order valence-electron chi connectivity index (χ1n) is 10.2. The zero-order chi connectivity index (χ0) is 23.8. The lowest BCUT2D eigenvalue weighted by molar-refractivity contribution is -0.128. The summed E-state index contributed by atoms with van der Waals surface area (Å²) in [4.78, 5) is 58.8. The van der Waals surface area contributed by atoms with Gasteiger partial charge in [0.05, 0.1) is 25.4 Å². The number of hydrogen-bond donors (Lipinski definition) is 5. The van der Waals surface area contributed by atoms with E-state index in [4.69, 9.17) is 5.02 Å². The second-order valence-electron chi connectivity index (χ2n) is 6.90. The van der Waals surface area contributed by atoms with Crippen LogP contribution in [0.4, 0.5) is 0 Å². The highest BCUT2D eigenvalue weighted by molar-refractivity contribution is 8.14. The number of carbonyl (C=O) groups is 5. The molecule has 0 spiro atoms. The van der Waals surface area contributed by atoms with E-state index in [9.17, 15) is 24.0 Å². The maximum atomic E-state index is 11.9. The summed E-state index contributed by atoms with van der Waals surface area (Å²) in [5.41, 5.74) is 0.487. The molecule has 12 heteroatoms. The first-order chi connectivity index (χ1) is 15.3. The minimum atomic E-state index is -0.587. The van der Waals surface area contributed by atoms with Crippen molar-refractivity contribution in [3.05, 3.63) is 35.9 Å². The first kappa shape index (κ1) is 27.3. The lowest BCUT2D eigenvalue weighted by atomic mass is 9.89. The number of nitrogens with one attached hydrogen (secondary N) is 4. The van der Waals surface area contributed by atoms with Crippen LogP contribution in [-0.4, -0.2) is 72.6 Å². The van der Waals surface area contributed by atoms with E-state index < -0.39 is 24.8 Å². The van der Waals surface area contributed by atoms with E-state index in [0.717, 1.165) is 18.2 Å². The van der Waals surface area contributed by atoms with Crippen LogP contribution in [0.3, 0.4) is 0 Å². The third-order valence-corrected chi connectivity index (χ3v) is 4.95. The molecule has 1 aromatic rings. The third-order valence-electron chi connectivity index (χ3n) is 4.04. The van der Waals surface area contributed by atoms with Gasteiger partial charge in [0.15, 0.2) is 5.78 Å². The summed E-state index contributed by atoms with van der Waals surface area (Å²) < 4.78 is 0. The minimum absolute atomic E-state index is 0.123. The third kappa shape index (κ3) is 13.6.